The molecule has 0 atom stereocenters. The number of aromatic nitrogens is 3. The van der Waals surface area contributed by atoms with E-state index >= 15 is 0 Å². The molecule has 9 heteroatoms. The lowest BCUT2D eigenvalue weighted by Crippen LogP contribution is -2.27. The van der Waals surface area contributed by atoms with Crippen LogP contribution in [0.2, 0.25) is 0 Å². The number of benzene rings is 3. The SMILES string of the molecule is CN(Cc1ccc(F)cc1)C(=O)CSc1nnc(COc2ccccc2F)n1-c1ccccc1. The molecule has 1 amide bonds. The van der Waals surface area contributed by atoms with Gasteiger partial charge in [0.25, 0.3) is 0 Å². The van der Waals surface area contributed by atoms with Gasteiger partial charge in [-0.2, -0.15) is 0 Å². The first kappa shape index (κ1) is 23.4. The van der Waals surface area contributed by atoms with E-state index in [1.165, 1.54) is 30.0 Å². The summed E-state index contributed by atoms with van der Waals surface area (Å²) in [4.78, 5) is 14.3. The summed E-state index contributed by atoms with van der Waals surface area (Å²) in [7, 11) is 1.70. The molecule has 1 aromatic heterocycles. The molecule has 34 heavy (non-hydrogen) atoms. The third-order valence-corrected chi connectivity index (χ3v) is 5.91. The maximum Gasteiger partial charge on any atom is 0.233 e. The number of nitrogens with zero attached hydrogens (tertiary/aromatic N) is 4. The predicted molar refractivity (Wildman–Crippen MR) is 126 cm³/mol. The van der Waals surface area contributed by atoms with Gasteiger partial charge >= 0.3 is 0 Å². The number of para-hydroxylation sites is 2. The minimum Gasteiger partial charge on any atom is -0.483 e. The molecule has 0 aliphatic carbocycles. The van der Waals surface area contributed by atoms with E-state index in [4.69, 9.17) is 4.74 Å². The maximum atomic E-state index is 13.9. The summed E-state index contributed by atoms with van der Waals surface area (Å²) in [6.07, 6.45) is 0. The van der Waals surface area contributed by atoms with Crippen LogP contribution in [0.15, 0.2) is 84.0 Å². The molecule has 1 heterocycles. The molecule has 0 N–H and O–H groups in total. The van der Waals surface area contributed by atoms with E-state index in [2.05, 4.69) is 10.2 Å². The van der Waals surface area contributed by atoms with Gasteiger partial charge in [-0.3, -0.25) is 9.36 Å². The number of carbonyl (C=O) groups is 1. The van der Waals surface area contributed by atoms with Gasteiger partial charge in [-0.15, -0.1) is 10.2 Å². The first-order valence-corrected chi connectivity index (χ1v) is 11.5. The lowest BCUT2D eigenvalue weighted by molar-refractivity contribution is -0.127. The number of hydrogen-bond donors (Lipinski definition) is 0. The van der Waals surface area contributed by atoms with Crippen LogP contribution in [-0.2, 0) is 17.9 Å². The van der Waals surface area contributed by atoms with Crippen LogP contribution in [0.3, 0.4) is 0 Å². The second kappa shape index (κ2) is 10.9. The average molecular weight is 481 g/mol. The number of halogens is 2. The first-order valence-electron chi connectivity index (χ1n) is 10.5. The molecule has 0 aliphatic heterocycles. The Morgan fingerprint density at radius 2 is 1.68 bits per heavy atom. The number of thioether (sulfide) groups is 1. The summed E-state index contributed by atoms with van der Waals surface area (Å²) in [5.41, 5.74) is 1.64. The Labute approximate surface area is 200 Å². The van der Waals surface area contributed by atoms with Gasteiger partial charge in [0, 0.05) is 19.3 Å². The van der Waals surface area contributed by atoms with Crippen molar-refractivity contribution in [1.82, 2.24) is 19.7 Å². The average Bonchev–Trinajstić information content (AvgIpc) is 3.26. The van der Waals surface area contributed by atoms with Gasteiger partial charge in [0.2, 0.25) is 5.91 Å². The molecule has 0 fully saturated rings. The predicted octanol–water partition coefficient (Wildman–Crippen LogP) is 4.88. The van der Waals surface area contributed by atoms with Crippen molar-refractivity contribution >= 4 is 17.7 Å². The van der Waals surface area contributed by atoms with Crippen molar-refractivity contribution in [2.45, 2.75) is 18.3 Å². The van der Waals surface area contributed by atoms with E-state index in [1.807, 2.05) is 30.3 Å². The van der Waals surface area contributed by atoms with Crippen molar-refractivity contribution < 1.29 is 18.3 Å². The number of ether oxygens (including phenoxy) is 1. The monoisotopic (exact) mass is 480 g/mol. The number of rotatable bonds is 9. The van der Waals surface area contributed by atoms with E-state index in [0.717, 1.165) is 11.3 Å². The quantitative estimate of drug-likeness (QED) is 0.320. The smallest absolute Gasteiger partial charge is 0.233 e. The van der Waals surface area contributed by atoms with Crippen LogP contribution in [0.25, 0.3) is 5.69 Å². The van der Waals surface area contributed by atoms with Crippen LogP contribution < -0.4 is 4.74 Å². The summed E-state index contributed by atoms with van der Waals surface area (Å²) in [5.74, 6) is -0.153. The van der Waals surface area contributed by atoms with Crippen LogP contribution >= 0.6 is 11.8 Å². The van der Waals surface area contributed by atoms with Crippen LogP contribution in [0.1, 0.15) is 11.4 Å². The van der Waals surface area contributed by atoms with Gasteiger partial charge < -0.3 is 9.64 Å². The second-order valence-electron chi connectivity index (χ2n) is 7.45. The van der Waals surface area contributed by atoms with Crippen molar-refractivity contribution in [1.29, 1.82) is 0 Å². The third kappa shape index (κ3) is 5.79. The van der Waals surface area contributed by atoms with E-state index in [0.29, 0.717) is 17.5 Å². The summed E-state index contributed by atoms with van der Waals surface area (Å²) in [6, 6.07) is 21.6. The summed E-state index contributed by atoms with van der Waals surface area (Å²) in [6.45, 7) is 0.370. The highest BCUT2D eigenvalue weighted by atomic mass is 32.2. The Morgan fingerprint density at radius 1 is 0.971 bits per heavy atom. The largest absolute Gasteiger partial charge is 0.483 e. The minimum atomic E-state index is -0.460. The molecule has 4 aromatic rings. The topological polar surface area (TPSA) is 60.3 Å². The van der Waals surface area contributed by atoms with Crippen LogP contribution in [0.4, 0.5) is 8.78 Å². The van der Waals surface area contributed by atoms with E-state index in [9.17, 15) is 13.6 Å². The van der Waals surface area contributed by atoms with Crippen LogP contribution in [0, 0.1) is 11.6 Å². The second-order valence-corrected chi connectivity index (χ2v) is 8.40. The normalized spacial score (nSPS) is 10.8. The lowest BCUT2D eigenvalue weighted by Gasteiger charge is -2.17. The fourth-order valence-corrected chi connectivity index (χ4v) is 4.13. The van der Waals surface area contributed by atoms with Crippen molar-refractivity contribution in [3.8, 4) is 11.4 Å². The highest BCUT2D eigenvalue weighted by Gasteiger charge is 2.18. The summed E-state index contributed by atoms with van der Waals surface area (Å²) < 4.78 is 34.5. The zero-order chi connectivity index (χ0) is 23.9. The standard InChI is InChI=1S/C25H22F2N4O2S/c1-30(15-18-11-13-19(26)14-12-18)24(32)17-34-25-29-28-23(31(25)20-7-3-2-4-8-20)16-33-22-10-6-5-9-21(22)27/h2-14H,15-17H2,1H3. The Morgan fingerprint density at radius 3 is 2.41 bits per heavy atom. The Kier molecular flexibility index (Phi) is 7.54. The Balaban J connectivity index is 1.47. The van der Waals surface area contributed by atoms with Crippen LogP contribution in [-0.4, -0.2) is 38.4 Å². The zero-order valence-electron chi connectivity index (χ0n) is 18.4. The molecule has 0 aliphatic rings. The molecule has 4 rings (SSSR count). The molecule has 6 nitrogen and oxygen atoms in total. The Bertz CT molecular complexity index is 1250. The zero-order valence-corrected chi connectivity index (χ0v) is 19.2. The first-order chi connectivity index (χ1) is 16.5. The number of amides is 1. The molecular weight excluding hydrogens is 458 g/mol. The van der Waals surface area contributed by atoms with Crippen molar-refractivity contribution in [3.05, 3.63) is 102 Å². The number of hydrogen-bond acceptors (Lipinski definition) is 5. The summed E-state index contributed by atoms with van der Waals surface area (Å²) >= 11 is 1.25. The fourth-order valence-electron chi connectivity index (χ4n) is 3.22. The van der Waals surface area contributed by atoms with E-state index < -0.39 is 5.82 Å². The molecule has 0 unspecified atom stereocenters. The van der Waals surface area contributed by atoms with Crippen molar-refractivity contribution in [3.63, 3.8) is 0 Å². The molecular formula is C25H22F2N4O2S. The molecule has 174 valence electrons. The van der Waals surface area contributed by atoms with Crippen molar-refractivity contribution in [2.75, 3.05) is 12.8 Å². The summed E-state index contributed by atoms with van der Waals surface area (Å²) in [5, 5.41) is 8.98. The van der Waals surface area contributed by atoms with E-state index in [1.54, 1.807) is 46.8 Å². The highest BCUT2D eigenvalue weighted by Crippen LogP contribution is 2.24. The molecule has 0 bridgehead atoms. The van der Waals surface area contributed by atoms with Gasteiger partial charge in [-0.05, 0) is 42.0 Å². The maximum absolute atomic E-state index is 13.9. The molecule has 3 aromatic carbocycles. The van der Waals surface area contributed by atoms with Gasteiger partial charge in [-0.25, -0.2) is 8.78 Å². The fraction of sp³-hybridized carbons (Fsp3) is 0.160. The molecule has 0 saturated carbocycles. The lowest BCUT2D eigenvalue weighted by atomic mass is 10.2. The van der Waals surface area contributed by atoms with Crippen molar-refractivity contribution in [2.24, 2.45) is 0 Å². The van der Waals surface area contributed by atoms with Gasteiger partial charge in [0.1, 0.15) is 12.4 Å². The van der Waals surface area contributed by atoms with E-state index in [-0.39, 0.29) is 29.8 Å². The van der Waals surface area contributed by atoms with Gasteiger partial charge in [-0.1, -0.05) is 54.2 Å². The number of carbonyl (C=O) groups excluding carboxylic acids is 1. The Hall–Kier alpha value is -3.72. The molecule has 0 spiro atoms. The third-order valence-electron chi connectivity index (χ3n) is 4.99. The highest BCUT2D eigenvalue weighted by molar-refractivity contribution is 7.99. The van der Waals surface area contributed by atoms with Crippen LogP contribution in [0.5, 0.6) is 5.75 Å². The van der Waals surface area contributed by atoms with Gasteiger partial charge in [0.15, 0.2) is 22.5 Å². The minimum absolute atomic E-state index is 0.00179. The molecule has 0 radical (unpaired) electrons. The van der Waals surface area contributed by atoms with Gasteiger partial charge in [0.05, 0.1) is 5.75 Å². The molecule has 0 saturated heterocycles.